The van der Waals surface area contributed by atoms with Crippen LogP contribution in [0.3, 0.4) is 0 Å². The summed E-state index contributed by atoms with van der Waals surface area (Å²) in [7, 11) is 0. The molecule has 0 radical (unpaired) electrons. The van der Waals surface area contributed by atoms with E-state index in [1.165, 1.54) is 6.07 Å². The number of nitrogens with two attached hydrogens (primary N) is 1. The second-order valence-electron chi connectivity index (χ2n) is 4.18. The standard InChI is InChI=1S/C13H15N3O4/c1-2-10-15-9-5-3-4-8(12(17)18)11(9)16(10)6-7-20-13(14)19/h3-5H,2,6-7H2,1H3,(H2,14,19)(H,17,18). The summed E-state index contributed by atoms with van der Waals surface area (Å²) in [6, 6.07) is 4.94. The van der Waals surface area contributed by atoms with Gasteiger partial charge < -0.3 is 20.1 Å². The number of aromatic carboxylic acids is 1. The number of carboxylic acid groups (broad SMARTS) is 1. The molecule has 1 aromatic carbocycles. The minimum absolute atomic E-state index is 0.0712. The quantitative estimate of drug-likeness (QED) is 0.858. The number of imidazole rings is 1. The average Bonchev–Trinajstić information content (AvgIpc) is 2.76. The molecule has 3 N–H and O–H groups in total. The third-order valence-electron chi connectivity index (χ3n) is 2.95. The maximum absolute atomic E-state index is 11.3. The summed E-state index contributed by atoms with van der Waals surface area (Å²) in [6.45, 7) is 2.31. The maximum Gasteiger partial charge on any atom is 0.404 e. The number of primary amides is 1. The van der Waals surface area contributed by atoms with Gasteiger partial charge in [-0.1, -0.05) is 13.0 Å². The number of hydrogen-bond donors (Lipinski definition) is 2. The van der Waals surface area contributed by atoms with Crippen molar-refractivity contribution in [2.45, 2.75) is 19.9 Å². The Kier molecular flexibility index (Phi) is 3.88. The highest BCUT2D eigenvalue weighted by molar-refractivity contribution is 6.01. The van der Waals surface area contributed by atoms with E-state index in [2.05, 4.69) is 4.98 Å². The SMILES string of the molecule is CCc1nc2cccc(C(=O)O)c2n1CCOC(N)=O. The minimum atomic E-state index is -1.02. The molecule has 7 heteroatoms. The fraction of sp³-hybridized carbons (Fsp3) is 0.308. The van der Waals surface area contributed by atoms with E-state index in [1.54, 1.807) is 16.7 Å². The van der Waals surface area contributed by atoms with Crippen molar-refractivity contribution in [2.75, 3.05) is 6.61 Å². The Balaban J connectivity index is 2.48. The molecule has 7 nitrogen and oxygen atoms in total. The number of hydrogen-bond acceptors (Lipinski definition) is 4. The summed E-state index contributed by atoms with van der Waals surface area (Å²) in [6.07, 6.45) is -0.212. The number of nitrogens with zero attached hydrogens (tertiary/aromatic N) is 2. The van der Waals surface area contributed by atoms with Crippen molar-refractivity contribution in [2.24, 2.45) is 5.73 Å². The Morgan fingerprint density at radius 1 is 1.45 bits per heavy atom. The van der Waals surface area contributed by atoms with Crippen LogP contribution in [0.1, 0.15) is 23.1 Å². The van der Waals surface area contributed by atoms with E-state index < -0.39 is 12.1 Å². The van der Waals surface area contributed by atoms with Gasteiger partial charge in [0.2, 0.25) is 0 Å². The van der Waals surface area contributed by atoms with E-state index in [4.69, 9.17) is 10.5 Å². The number of carbonyl (C=O) groups excluding carboxylic acids is 1. The molecule has 0 aliphatic carbocycles. The fourth-order valence-electron chi connectivity index (χ4n) is 2.15. The molecule has 0 unspecified atom stereocenters. The highest BCUT2D eigenvalue weighted by Crippen LogP contribution is 2.21. The second kappa shape index (κ2) is 5.60. The number of aromatic nitrogens is 2. The van der Waals surface area contributed by atoms with E-state index in [0.29, 0.717) is 24.0 Å². The van der Waals surface area contributed by atoms with Crippen molar-refractivity contribution in [1.29, 1.82) is 0 Å². The number of para-hydroxylation sites is 1. The smallest absolute Gasteiger partial charge is 0.404 e. The number of ether oxygens (including phenoxy) is 1. The van der Waals surface area contributed by atoms with Gasteiger partial charge in [0.15, 0.2) is 0 Å². The molecule has 2 rings (SSSR count). The summed E-state index contributed by atoms with van der Waals surface area (Å²) < 4.78 is 6.46. The number of rotatable bonds is 5. The molecular weight excluding hydrogens is 262 g/mol. The number of fused-ring (bicyclic) bond motifs is 1. The molecule has 1 aromatic heterocycles. The molecule has 0 aliphatic heterocycles. The molecule has 0 saturated carbocycles. The maximum atomic E-state index is 11.3. The Labute approximate surface area is 115 Å². The third kappa shape index (κ3) is 2.56. The Bertz CT molecular complexity index is 663. The monoisotopic (exact) mass is 277 g/mol. The lowest BCUT2D eigenvalue weighted by atomic mass is 10.2. The van der Waals surface area contributed by atoms with Crippen molar-refractivity contribution in [1.82, 2.24) is 9.55 Å². The predicted octanol–water partition coefficient (Wildman–Crippen LogP) is 1.39. The summed E-state index contributed by atoms with van der Waals surface area (Å²) in [5, 5.41) is 9.26. The van der Waals surface area contributed by atoms with Crippen LogP contribution in [0.25, 0.3) is 11.0 Å². The van der Waals surface area contributed by atoms with Crippen molar-refractivity contribution in [3.05, 3.63) is 29.6 Å². The number of amides is 1. The van der Waals surface area contributed by atoms with E-state index in [0.717, 1.165) is 5.82 Å². The number of aryl methyl sites for hydroxylation is 1. The van der Waals surface area contributed by atoms with Crippen LogP contribution in [-0.4, -0.2) is 33.3 Å². The first-order chi connectivity index (χ1) is 9.54. The van der Waals surface area contributed by atoms with Gasteiger partial charge in [-0.3, -0.25) is 0 Å². The summed E-state index contributed by atoms with van der Waals surface area (Å²) in [5.74, 6) is -0.281. The molecule has 0 fully saturated rings. The van der Waals surface area contributed by atoms with E-state index >= 15 is 0 Å². The lowest BCUT2D eigenvalue weighted by molar-refractivity contribution is 0.0698. The van der Waals surface area contributed by atoms with Gasteiger partial charge in [-0.05, 0) is 12.1 Å². The van der Waals surface area contributed by atoms with Gasteiger partial charge in [0.05, 0.1) is 23.1 Å². The van der Waals surface area contributed by atoms with Gasteiger partial charge in [0.1, 0.15) is 12.4 Å². The van der Waals surface area contributed by atoms with Crippen LogP contribution in [0.2, 0.25) is 0 Å². The zero-order valence-corrected chi connectivity index (χ0v) is 11.0. The van der Waals surface area contributed by atoms with Crippen LogP contribution in [0.5, 0.6) is 0 Å². The van der Waals surface area contributed by atoms with Gasteiger partial charge in [-0.15, -0.1) is 0 Å². The average molecular weight is 277 g/mol. The van der Waals surface area contributed by atoms with E-state index in [9.17, 15) is 14.7 Å². The molecule has 0 spiro atoms. The molecule has 1 amide bonds. The molecule has 2 aromatic rings. The lowest BCUT2D eigenvalue weighted by Gasteiger charge is -2.09. The van der Waals surface area contributed by atoms with Crippen molar-refractivity contribution in [3.63, 3.8) is 0 Å². The second-order valence-corrected chi connectivity index (χ2v) is 4.18. The van der Waals surface area contributed by atoms with Gasteiger partial charge in [-0.25, -0.2) is 14.6 Å². The van der Waals surface area contributed by atoms with Gasteiger partial charge >= 0.3 is 12.1 Å². The first-order valence-corrected chi connectivity index (χ1v) is 6.18. The Morgan fingerprint density at radius 3 is 2.80 bits per heavy atom. The zero-order chi connectivity index (χ0) is 14.7. The molecule has 0 aliphatic rings. The van der Waals surface area contributed by atoms with Crippen LogP contribution in [-0.2, 0) is 17.7 Å². The highest BCUT2D eigenvalue weighted by atomic mass is 16.5. The molecule has 106 valence electrons. The highest BCUT2D eigenvalue weighted by Gasteiger charge is 2.16. The normalized spacial score (nSPS) is 10.7. The van der Waals surface area contributed by atoms with Crippen molar-refractivity contribution < 1.29 is 19.4 Å². The van der Waals surface area contributed by atoms with E-state index in [1.807, 2.05) is 6.92 Å². The lowest BCUT2D eigenvalue weighted by Crippen LogP contribution is -2.18. The fourth-order valence-corrected chi connectivity index (χ4v) is 2.15. The van der Waals surface area contributed by atoms with Gasteiger partial charge in [0.25, 0.3) is 0 Å². The van der Waals surface area contributed by atoms with Gasteiger partial charge in [0, 0.05) is 6.42 Å². The molecular formula is C13H15N3O4. The largest absolute Gasteiger partial charge is 0.478 e. The number of carbonyl (C=O) groups is 2. The van der Waals surface area contributed by atoms with Crippen LogP contribution in [0.4, 0.5) is 4.79 Å². The van der Waals surface area contributed by atoms with Crippen LogP contribution >= 0.6 is 0 Å². The molecule has 0 atom stereocenters. The minimum Gasteiger partial charge on any atom is -0.478 e. The predicted molar refractivity (Wildman–Crippen MR) is 71.6 cm³/mol. The number of benzene rings is 1. The molecule has 20 heavy (non-hydrogen) atoms. The first-order valence-electron chi connectivity index (χ1n) is 6.18. The summed E-state index contributed by atoms with van der Waals surface area (Å²) >= 11 is 0. The zero-order valence-electron chi connectivity index (χ0n) is 11.0. The Morgan fingerprint density at radius 2 is 2.20 bits per heavy atom. The number of carboxylic acids is 1. The molecule has 0 saturated heterocycles. The van der Waals surface area contributed by atoms with Gasteiger partial charge in [-0.2, -0.15) is 0 Å². The topological polar surface area (TPSA) is 107 Å². The molecule has 1 heterocycles. The van der Waals surface area contributed by atoms with E-state index in [-0.39, 0.29) is 12.2 Å². The van der Waals surface area contributed by atoms with Crippen molar-refractivity contribution >= 4 is 23.1 Å². The van der Waals surface area contributed by atoms with Crippen LogP contribution in [0.15, 0.2) is 18.2 Å². The first kappa shape index (κ1) is 13.9. The van der Waals surface area contributed by atoms with Crippen LogP contribution < -0.4 is 5.73 Å². The molecule has 0 bridgehead atoms. The van der Waals surface area contributed by atoms with Crippen molar-refractivity contribution in [3.8, 4) is 0 Å². The summed E-state index contributed by atoms with van der Waals surface area (Å²) in [5.41, 5.74) is 6.23. The van der Waals surface area contributed by atoms with Crippen LogP contribution in [0, 0.1) is 0 Å². The Hall–Kier alpha value is -2.57. The third-order valence-corrected chi connectivity index (χ3v) is 2.95. The summed E-state index contributed by atoms with van der Waals surface area (Å²) in [4.78, 5) is 26.3.